The van der Waals surface area contributed by atoms with Gasteiger partial charge in [-0.1, -0.05) is 68.7 Å². The Morgan fingerprint density at radius 1 is 0.935 bits per heavy atom. The molecule has 1 aliphatic rings. The van der Waals surface area contributed by atoms with Crippen LogP contribution in [-0.4, -0.2) is 0 Å². The minimum absolute atomic E-state index is 0.0824. The second-order valence-corrected chi connectivity index (χ2v) is 9.19. The van der Waals surface area contributed by atoms with Crippen LogP contribution in [0.4, 0.5) is 4.39 Å². The number of aryl methyl sites for hydroxylation is 2. The van der Waals surface area contributed by atoms with Crippen molar-refractivity contribution in [1.29, 1.82) is 5.26 Å². The molecule has 1 fully saturated rings. The molecule has 0 bridgehead atoms. The SMILES string of the molecule is CCCCC1CCC(c2ccc3c(F)c(CCc4ccc(C#N)cc4)ccc3c2)CC1. The van der Waals surface area contributed by atoms with Gasteiger partial charge < -0.3 is 0 Å². The summed E-state index contributed by atoms with van der Waals surface area (Å²) < 4.78 is 15.2. The molecule has 0 radical (unpaired) electrons. The van der Waals surface area contributed by atoms with E-state index >= 15 is 4.39 Å². The number of benzene rings is 3. The zero-order chi connectivity index (χ0) is 21.6. The van der Waals surface area contributed by atoms with E-state index in [-0.39, 0.29) is 5.82 Å². The minimum Gasteiger partial charge on any atom is -0.206 e. The van der Waals surface area contributed by atoms with E-state index < -0.39 is 0 Å². The van der Waals surface area contributed by atoms with Crippen molar-refractivity contribution in [3.63, 3.8) is 0 Å². The molecule has 0 atom stereocenters. The summed E-state index contributed by atoms with van der Waals surface area (Å²) in [6.45, 7) is 2.28. The molecule has 4 rings (SSSR count). The fourth-order valence-corrected chi connectivity index (χ4v) is 5.10. The van der Waals surface area contributed by atoms with Gasteiger partial charge in [0.2, 0.25) is 0 Å². The molecule has 1 nitrogen and oxygen atoms in total. The minimum atomic E-state index is -0.0824. The number of fused-ring (bicyclic) bond motifs is 1. The van der Waals surface area contributed by atoms with Crippen molar-refractivity contribution in [1.82, 2.24) is 0 Å². The third-order valence-electron chi connectivity index (χ3n) is 7.11. The maximum absolute atomic E-state index is 15.2. The van der Waals surface area contributed by atoms with Crippen LogP contribution in [0.3, 0.4) is 0 Å². The molecular weight excluding hydrogens is 381 g/mol. The first-order valence-corrected chi connectivity index (χ1v) is 11.9. The molecule has 2 heteroatoms. The average Bonchev–Trinajstić information content (AvgIpc) is 2.83. The normalized spacial score (nSPS) is 18.7. The average molecular weight is 414 g/mol. The zero-order valence-electron chi connectivity index (χ0n) is 18.5. The molecule has 3 aromatic rings. The Bertz CT molecular complexity index is 1050. The Morgan fingerprint density at radius 2 is 1.71 bits per heavy atom. The Hall–Kier alpha value is -2.66. The lowest BCUT2D eigenvalue weighted by atomic mass is 9.77. The number of hydrogen-bond acceptors (Lipinski definition) is 1. The maximum Gasteiger partial charge on any atom is 0.134 e. The number of nitrogens with zero attached hydrogens (tertiary/aromatic N) is 1. The molecular formula is C29H32FN. The van der Waals surface area contributed by atoms with Crippen molar-refractivity contribution in [3.05, 3.63) is 82.7 Å². The summed E-state index contributed by atoms with van der Waals surface area (Å²) in [6.07, 6.45) is 10.7. The van der Waals surface area contributed by atoms with Gasteiger partial charge in [0, 0.05) is 5.39 Å². The first-order valence-electron chi connectivity index (χ1n) is 11.9. The van der Waals surface area contributed by atoms with Gasteiger partial charge in [0.15, 0.2) is 0 Å². The van der Waals surface area contributed by atoms with E-state index in [0.29, 0.717) is 17.9 Å². The molecule has 0 amide bonds. The Morgan fingerprint density at radius 3 is 2.42 bits per heavy atom. The van der Waals surface area contributed by atoms with Crippen LogP contribution in [0, 0.1) is 23.1 Å². The van der Waals surface area contributed by atoms with E-state index in [1.165, 1.54) is 50.5 Å². The van der Waals surface area contributed by atoms with Crippen LogP contribution in [0.25, 0.3) is 10.8 Å². The van der Waals surface area contributed by atoms with E-state index in [0.717, 1.165) is 34.2 Å². The van der Waals surface area contributed by atoms with E-state index in [4.69, 9.17) is 5.26 Å². The first-order chi connectivity index (χ1) is 15.2. The summed E-state index contributed by atoms with van der Waals surface area (Å²) in [4.78, 5) is 0. The van der Waals surface area contributed by atoms with Gasteiger partial charge in [-0.3, -0.25) is 0 Å². The molecule has 0 aromatic heterocycles. The van der Waals surface area contributed by atoms with Crippen molar-refractivity contribution in [2.75, 3.05) is 0 Å². The van der Waals surface area contributed by atoms with Gasteiger partial charge in [-0.15, -0.1) is 0 Å². The smallest absolute Gasteiger partial charge is 0.134 e. The number of hydrogen-bond donors (Lipinski definition) is 0. The maximum atomic E-state index is 15.2. The van der Waals surface area contributed by atoms with Gasteiger partial charge in [0.25, 0.3) is 0 Å². The van der Waals surface area contributed by atoms with Gasteiger partial charge in [-0.2, -0.15) is 5.26 Å². The third-order valence-corrected chi connectivity index (χ3v) is 7.11. The predicted molar refractivity (Wildman–Crippen MR) is 127 cm³/mol. The first kappa shape index (κ1) is 21.6. The van der Waals surface area contributed by atoms with Crippen molar-refractivity contribution in [3.8, 4) is 6.07 Å². The predicted octanol–water partition coefficient (Wildman–Crippen LogP) is 8.10. The third kappa shape index (κ3) is 5.16. The summed E-state index contributed by atoms with van der Waals surface area (Å²) >= 11 is 0. The molecule has 160 valence electrons. The van der Waals surface area contributed by atoms with Crippen molar-refractivity contribution in [2.24, 2.45) is 5.92 Å². The lowest BCUT2D eigenvalue weighted by Gasteiger charge is -2.29. The Balaban J connectivity index is 1.43. The van der Waals surface area contributed by atoms with Crippen LogP contribution in [-0.2, 0) is 12.8 Å². The topological polar surface area (TPSA) is 23.8 Å². The highest BCUT2D eigenvalue weighted by molar-refractivity contribution is 5.84. The number of unbranched alkanes of at least 4 members (excludes halogenated alkanes) is 1. The molecule has 0 spiro atoms. The molecule has 0 aliphatic heterocycles. The van der Waals surface area contributed by atoms with Crippen LogP contribution >= 0.6 is 0 Å². The monoisotopic (exact) mass is 413 g/mol. The Kier molecular flexibility index (Phi) is 7.03. The Labute approximate surface area is 185 Å². The van der Waals surface area contributed by atoms with Gasteiger partial charge in [-0.25, -0.2) is 4.39 Å². The summed E-state index contributed by atoms with van der Waals surface area (Å²) in [5.41, 5.74) is 3.93. The van der Waals surface area contributed by atoms with E-state index in [1.54, 1.807) is 0 Å². The molecule has 31 heavy (non-hydrogen) atoms. The molecule has 0 heterocycles. The number of rotatable bonds is 7. The fraction of sp³-hybridized carbons (Fsp3) is 0.414. The van der Waals surface area contributed by atoms with Crippen LogP contribution in [0.5, 0.6) is 0 Å². The van der Waals surface area contributed by atoms with Crippen molar-refractivity contribution < 1.29 is 4.39 Å². The fourth-order valence-electron chi connectivity index (χ4n) is 5.10. The summed E-state index contributed by atoms with van der Waals surface area (Å²) in [5.74, 6) is 1.45. The summed E-state index contributed by atoms with van der Waals surface area (Å²) in [5, 5.41) is 10.7. The van der Waals surface area contributed by atoms with Gasteiger partial charge in [-0.05, 0) is 84.6 Å². The summed E-state index contributed by atoms with van der Waals surface area (Å²) in [6, 6.07) is 20.1. The largest absolute Gasteiger partial charge is 0.206 e. The second-order valence-electron chi connectivity index (χ2n) is 9.19. The van der Waals surface area contributed by atoms with Gasteiger partial charge in [0.1, 0.15) is 5.82 Å². The molecule has 3 aromatic carbocycles. The quantitative estimate of drug-likeness (QED) is 0.384. The van der Waals surface area contributed by atoms with Crippen LogP contribution in [0.1, 0.15) is 80.0 Å². The zero-order valence-corrected chi connectivity index (χ0v) is 18.5. The molecule has 1 aliphatic carbocycles. The highest BCUT2D eigenvalue weighted by Gasteiger charge is 2.22. The van der Waals surface area contributed by atoms with Crippen LogP contribution in [0.2, 0.25) is 0 Å². The van der Waals surface area contributed by atoms with E-state index in [9.17, 15) is 0 Å². The van der Waals surface area contributed by atoms with E-state index in [1.807, 2.05) is 36.4 Å². The number of nitriles is 1. The van der Waals surface area contributed by atoms with Crippen molar-refractivity contribution >= 4 is 10.8 Å². The van der Waals surface area contributed by atoms with Gasteiger partial charge in [0.05, 0.1) is 11.6 Å². The van der Waals surface area contributed by atoms with Gasteiger partial charge >= 0.3 is 0 Å². The second kappa shape index (κ2) is 10.1. The van der Waals surface area contributed by atoms with Crippen LogP contribution < -0.4 is 0 Å². The highest BCUT2D eigenvalue weighted by Crippen LogP contribution is 2.38. The highest BCUT2D eigenvalue weighted by atomic mass is 19.1. The number of halogens is 1. The summed E-state index contributed by atoms with van der Waals surface area (Å²) in [7, 11) is 0. The molecule has 0 N–H and O–H groups in total. The van der Waals surface area contributed by atoms with Crippen molar-refractivity contribution in [2.45, 2.75) is 70.6 Å². The lowest BCUT2D eigenvalue weighted by Crippen LogP contribution is -2.13. The molecule has 0 saturated heterocycles. The lowest BCUT2D eigenvalue weighted by molar-refractivity contribution is 0.304. The molecule has 1 saturated carbocycles. The van der Waals surface area contributed by atoms with Crippen LogP contribution in [0.15, 0.2) is 54.6 Å². The van der Waals surface area contributed by atoms with E-state index in [2.05, 4.69) is 31.2 Å². The molecule has 0 unspecified atom stereocenters. The standard InChI is InChI=1S/C29H32FN/c1-2-3-4-21-9-12-24(13-10-21)26-17-18-28-27(19-26)16-15-25(29(28)30)14-11-22-5-7-23(20-31)8-6-22/h5-8,15-19,21,24H,2-4,9-14H2,1H3.